The van der Waals surface area contributed by atoms with Gasteiger partial charge in [0.1, 0.15) is 0 Å². The van der Waals surface area contributed by atoms with E-state index in [9.17, 15) is 8.42 Å². The molecule has 1 N–H and O–H groups in total. The monoisotopic (exact) mass is 281 g/mol. The maximum absolute atomic E-state index is 11.6. The van der Waals surface area contributed by atoms with Crippen molar-refractivity contribution in [3.63, 3.8) is 0 Å². The van der Waals surface area contributed by atoms with Crippen molar-refractivity contribution in [3.05, 3.63) is 36.5 Å². The molecule has 0 aliphatic rings. The zero-order valence-corrected chi connectivity index (χ0v) is 11.4. The van der Waals surface area contributed by atoms with Crippen molar-refractivity contribution in [1.82, 2.24) is 10.1 Å². The molecule has 1 heterocycles. The fraction of sp³-hybridized carbons (Fsp3) is 0.333. The zero-order valence-electron chi connectivity index (χ0n) is 10.5. The second-order valence-electron chi connectivity index (χ2n) is 3.95. The van der Waals surface area contributed by atoms with Crippen molar-refractivity contribution < 1.29 is 12.9 Å². The standard InChI is InChI=1S/C12H15N3O3S/c1-2-19(16,17)11-5-3-10(4-6-11)13-8-7-12-14-9-18-15-12/h3-6,9,13H,2,7-8H2,1H3. The van der Waals surface area contributed by atoms with Gasteiger partial charge in [-0.3, -0.25) is 0 Å². The van der Waals surface area contributed by atoms with Crippen LogP contribution in [0.4, 0.5) is 5.69 Å². The molecule has 7 heteroatoms. The lowest BCUT2D eigenvalue weighted by atomic mass is 10.3. The van der Waals surface area contributed by atoms with Gasteiger partial charge in [-0.05, 0) is 24.3 Å². The van der Waals surface area contributed by atoms with Crippen LogP contribution in [0.2, 0.25) is 0 Å². The first kappa shape index (κ1) is 13.5. The quantitative estimate of drug-likeness (QED) is 0.864. The molecular weight excluding hydrogens is 266 g/mol. The van der Waals surface area contributed by atoms with Gasteiger partial charge in [0.25, 0.3) is 0 Å². The normalized spacial score (nSPS) is 11.4. The molecule has 102 valence electrons. The smallest absolute Gasteiger partial charge is 0.213 e. The van der Waals surface area contributed by atoms with Crippen LogP contribution in [0.15, 0.2) is 40.1 Å². The third-order valence-electron chi connectivity index (χ3n) is 2.68. The third kappa shape index (κ3) is 3.54. The maximum atomic E-state index is 11.6. The number of anilines is 1. The Bertz CT molecular complexity index is 606. The van der Waals surface area contributed by atoms with Crippen LogP contribution < -0.4 is 5.32 Å². The first-order valence-electron chi connectivity index (χ1n) is 5.94. The van der Waals surface area contributed by atoms with E-state index < -0.39 is 9.84 Å². The SMILES string of the molecule is CCS(=O)(=O)c1ccc(NCCc2ncon2)cc1. The van der Waals surface area contributed by atoms with E-state index >= 15 is 0 Å². The molecule has 2 aromatic rings. The lowest BCUT2D eigenvalue weighted by Crippen LogP contribution is -2.07. The zero-order chi connectivity index (χ0) is 13.7. The topological polar surface area (TPSA) is 85.1 Å². The van der Waals surface area contributed by atoms with Gasteiger partial charge >= 0.3 is 0 Å². The molecule has 0 aliphatic heterocycles. The van der Waals surface area contributed by atoms with E-state index in [1.54, 1.807) is 31.2 Å². The summed E-state index contributed by atoms with van der Waals surface area (Å²) >= 11 is 0. The fourth-order valence-corrected chi connectivity index (χ4v) is 2.45. The van der Waals surface area contributed by atoms with Gasteiger partial charge in [0.05, 0.1) is 10.6 Å². The van der Waals surface area contributed by atoms with Gasteiger partial charge in [0.15, 0.2) is 15.7 Å². The highest BCUT2D eigenvalue weighted by Crippen LogP contribution is 2.15. The highest BCUT2D eigenvalue weighted by molar-refractivity contribution is 7.91. The second kappa shape index (κ2) is 5.83. The minimum atomic E-state index is -3.13. The summed E-state index contributed by atoms with van der Waals surface area (Å²) in [6, 6.07) is 6.71. The Morgan fingerprint density at radius 3 is 2.58 bits per heavy atom. The Kier molecular flexibility index (Phi) is 4.16. The Morgan fingerprint density at radius 2 is 2.00 bits per heavy atom. The molecule has 0 unspecified atom stereocenters. The minimum Gasteiger partial charge on any atom is -0.385 e. The minimum absolute atomic E-state index is 0.109. The summed E-state index contributed by atoms with van der Waals surface area (Å²) in [6.45, 7) is 2.28. The van der Waals surface area contributed by atoms with E-state index in [1.165, 1.54) is 6.39 Å². The summed E-state index contributed by atoms with van der Waals surface area (Å²) in [5.41, 5.74) is 0.860. The molecule has 6 nitrogen and oxygen atoms in total. The van der Waals surface area contributed by atoms with Gasteiger partial charge in [0, 0.05) is 18.7 Å². The van der Waals surface area contributed by atoms with Gasteiger partial charge in [-0.1, -0.05) is 12.1 Å². The largest absolute Gasteiger partial charge is 0.385 e. The first-order valence-corrected chi connectivity index (χ1v) is 7.59. The molecule has 0 spiro atoms. The lowest BCUT2D eigenvalue weighted by molar-refractivity contribution is 0.410. The Balaban J connectivity index is 1.92. The fourth-order valence-electron chi connectivity index (χ4n) is 1.57. The van der Waals surface area contributed by atoms with Crippen LogP contribution in [-0.4, -0.2) is 30.9 Å². The summed E-state index contributed by atoms with van der Waals surface area (Å²) in [5, 5.41) is 6.86. The van der Waals surface area contributed by atoms with Crippen LogP contribution in [0.3, 0.4) is 0 Å². The number of nitrogens with zero attached hydrogens (tertiary/aromatic N) is 2. The van der Waals surface area contributed by atoms with Crippen LogP contribution in [-0.2, 0) is 16.3 Å². The van der Waals surface area contributed by atoms with Crippen LogP contribution in [0, 0.1) is 0 Å². The number of hydrogen-bond donors (Lipinski definition) is 1. The molecule has 0 radical (unpaired) electrons. The summed E-state index contributed by atoms with van der Waals surface area (Å²) < 4.78 is 27.9. The van der Waals surface area contributed by atoms with E-state index in [2.05, 4.69) is 20.0 Å². The van der Waals surface area contributed by atoms with E-state index in [-0.39, 0.29) is 5.75 Å². The van der Waals surface area contributed by atoms with Crippen LogP contribution in [0.25, 0.3) is 0 Å². The van der Waals surface area contributed by atoms with Gasteiger partial charge in [0.2, 0.25) is 6.39 Å². The average Bonchev–Trinajstić information content (AvgIpc) is 2.92. The van der Waals surface area contributed by atoms with Crippen LogP contribution in [0.1, 0.15) is 12.7 Å². The number of hydrogen-bond acceptors (Lipinski definition) is 6. The van der Waals surface area contributed by atoms with Gasteiger partial charge in [-0.15, -0.1) is 0 Å². The predicted molar refractivity (Wildman–Crippen MR) is 70.7 cm³/mol. The molecular formula is C12H15N3O3S. The number of aromatic nitrogens is 2. The first-order chi connectivity index (χ1) is 9.12. The van der Waals surface area contributed by atoms with E-state index in [0.29, 0.717) is 23.7 Å². The average molecular weight is 281 g/mol. The highest BCUT2D eigenvalue weighted by Gasteiger charge is 2.10. The molecule has 0 saturated heterocycles. The molecule has 0 amide bonds. The van der Waals surface area contributed by atoms with E-state index in [1.807, 2.05) is 0 Å². The predicted octanol–water partition coefficient (Wildman–Crippen LogP) is 1.52. The summed E-state index contributed by atoms with van der Waals surface area (Å²) in [7, 11) is -3.13. The Labute approximate surface area is 111 Å². The molecule has 0 atom stereocenters. The number of sulfone groups is 1. The molecule has 1 aromatic carbocycles. The number of benzene rings is 1. The molecule has 0 aliphatic carbocycles. The van der Waals surface area contributed by atoms with Gasteiger partial charge < -0.3 is 9.84 Å². The molecule has 0 saturated carbocycles. The summed E-state index contributed by atoms with van der Waals surface area (Å²) in [4.78, 5) is 4.25. The van der Waals surface area contributed by atoms with Gasteiger partial charge in [-0.25, -0.2) is 8.42 Å². The Hall–Kier alpha value is -1.89. The molecule has 19 heavy (non-hydrogen) atoms. The number of nitrogens with one attached hydrogen (secondary N) is 1. The van der Waals surface area contributed by atoms with Crippen molar-refractivity contribution in [2.24, 2.45) is 0 Å². The van der Waals surface area contributed by atoms with Crippen LogP contribution in [0.5, 0.6) is 0 Å². The van der Waals surface area contributed by atoms with E-state index in [4.69, 9.17) is 0 Å². The number of rotatable bonds is 6. The molecule has 0 fully saturated rings. The van der Waals surface area contributed by atoms with Crippen molar-refractivity contribution >= 4 is 15.5 Å². The van der Waals surface area contributed by atoms with Gasteiger partial charge in [-0.2, -0.15) is 4.98 Å². The van der Waals surface area contributed by atoms with Crippen LogP contribution >= 0.6 is 0 Å². The summed E-state index contributed by atoms with van der Waals surface area (Å²) in [5.74, 6) is 0.745. The lowest BCUT2D eigenvalue weighted by Gasteiger charge is -2.06. The van der Waals surface area contributed by atoms with Crippen molar-refractivity contribution in [1.29, 1.82) is 0 Å². The Morgan fingerprint density at radius 1 is 1.26 bits per heavy atom. The summed E-state index contributed by atoms with van der Waals surface area (Å²) in [6.07, 6.45) is 1.94. The highest BCUT2D eigenvalue weighted by atomic mass is 32.2. The molecule has 1 aromatic heterocycles. The van der Waals surface area contributed by atoms with E-state index in [0.717, 1.165) is 5.69 Å². The van der Waals surface area contributed by atoms with Crippen molar-refractivity contribution in [2.45, 2.75) is 18.2 Å². The molecule has 0 bridgehead atoms. The second-order valence-corrected chi connectivity index (χ2v) is 6.23. The maximum Gasteiger partial charge on any atom is 0.213 e. The van der Waals surface area contributed by atoms with Crippen molar-refractivity contribution in [3.8, 4) is 0 Å². The molecule has 2 rings (SSSR count). The van der Waals surface area contributed by atoms with Crippen molar-refractivity contribution in [2.75, 3.05) is 17.6 Å². The third-order valence-corrected chi connectivity index (χ3v) is 4.43.